The van der Waals surface area contributed by atoms with Crippen LogP contribution in [0.5, 0.6) is 0 Å². The minimum atomic E-state index is -1.08. The van der Waals surface area contributed by atoms with E-state index in [1.54, 1.807) is 22.8 Å². The first-order valence-electron chi connectivity index (χ1n) is 6.31. The van der Waals surface area contributed by atoms with Crippen molar-refractivity contribution in [2.24, 2.45) is 0 Å². The molecule has 2 aromatic rings. The number of anilines is 1. The van der Waals surface area contributed by atoms with Gasteiger partial charge >= 0.3 is 11.7 Å². The van der Waals surface area contributed by atoms with Crippen molar-refractivity contribution in [2.45, 2.75) is 19.4 Å². The molecule has 0 bridgehead atoms. The van der Waals surface area contributed by atoms with Crippen LogP contribution in [-0.4, -0.2) is 33.1 Å². The molecule has 0 fully saturated rings. The molecule has 0 aliphatic carbocycles. The van der Waals surface area contributed by atoms with Crippen LogP contribution in [0.4, 0.5) is 5.69 Å². The van der Waals surface area contributed by atoms with Crippen LogP contribution in [0.1, 0.15) is 12.8 Å². The minimum Gasteiger partial charge on any atom is -0.480 e. The average Bonchev–Trinajstić information content (AvgIpc) is 2.70. The van der Waals surface area contributed by atoms with Crippen LogP contribution in [0.25, 0.3) is 11.0 Å². The average molecular weight is 275 g/mol. The number of para-hydroxylation sites is 1. The number of hydrogen-bond donors (Lipinski definition) is 2. The fourth-order valence-electron chi connectivity index (χ4n) is 2.60. The van der Waals surface area contributed by atoms with Crippen LogP contribution in [0.2, 0.25) is 0 Å². The van der Waals surface area contributed by atoms with Crippen molar-refractivity contribution in [1.82, 2.24) is 9.55 Å². The summed E-state index contributed by atoms with van der Waals surface area (Å²) in [6.07, 6.45) is 0.733. The zero-order valence-corrected chi connectivity index (χ0v) is 10.6. The van der Waals surface area contributed by atoms with Crippen LogP contribution >= 0.6 is 0 Å². The third kappa shape index (κ3) is 1.87. The highest BCUT2D eigenvalue weighted by molar-refractivity contribution is 6.04. The number of hydrogen-bond acceptors (Lipinski definition) is 3. The highest BCUT2D eigenvalue weighted by Crippen LogP contribution is 2.27. The van der Waals surface area contributed by atoms with Gasteiger partial charge in [-0.3, -0.25) is 19.1 Å². The molecule has 0 saturated carbocycles. The molecule has 0 saturated heterocycles. The molecule has 0 unspecified atom stereocenters. The summed E-state index contributed by atoms with van der Waals surface area (Å²) in [5.41, 5.74) is 1.43. The minimum absolute atomic E-state index is 0.223. The summed E-state index contributed by atoms with van der Waals surface area (Å²) in [5, 5.41) is 8.98. The monoisotopic (exact) mass is 275 g/mol. The number of rotatable bonds is 2. The van der Waals surface area contributed by atoms with Crippen molar-refractivity contribution >= 4 is 28.6 Å². The summed E-state index contributed by atoms with van der Waals surface area (Å²) in [7, 11) is 0. The van der Waals surface area contributed by atoms with E-state index in [0.29, 0.717) is 29.7 Å². The first-order valence-corrected chi connectivity index (χ1v) is 6.31. The van der Waals surface area contributed by atoms with Gasteiger partial charge in [0.2, 0.25) is 5.91 Å². The number of carbonyl (C=O) groups is 2. The number of carbonyl (C=O) groups excluding carboxylic acids is 1. The van der Waals surface area contributed by atoms with Gasteiger partial charge in [-0.2, -0.15) is 0 Å². The second kappa shape index (κ2) is 4.52. The fourth-order valence-corrected chi connectivity index (χ4v) is 2.60. The number of H-pyrrole nitrogens is 1. The van der Waals surface area contributed by atoms with Gasteiger partial charge in [0.25, 0.3) is 0 Å². The zero-order valence-electron chi connectivity index (χ0n) is 10.6. The summed E-state index contributed by atoms with van der Waals surface area (Å²) < 4.78 is 1.56. The third-order valence-electron chi connectivity index (χ3n) is 3.43. The van der Waals surface area contributed by atoms with E-state index < -0.39 is 12.5 Å². The molecule has 104 valence electrons. The fraction of sp³-hybridized carbons (Fsp3) is 0.308. The van der Waals surface area contributed by atoms with E-state index >= 15 is 0 Å². The Morgan fingerprint density at radius 3 is 2.90 bits per heavy atom. The van der Waals surface area contributed by atoms with Crippen molar-refractivity contribution < 1.29 is 14.7 Å². The molecule has 3 rings (SSSR count). The number of aliphatic carboxylic acids is 1. The molecule has 2 N–H and O–H groups in total. The highest BCUT2D eigenvalue weighted by atomic mass is 16.4. The van der Waals surface area contributed by atoms with Gasteiger partial charge in [0.1, 0.15) is 6.54 Å². The summed E-state index contributed by atoms with van der Waals surface area (Å²) in [5.74, 6) is -1.32. The van der Waals surface area contributed by atoms with Gasteiger partial charge in [0.15, 0.2) is 0 Å². The number of imidazole rings is 1. The van der Waals surface area contributed by atoms with Gasteiger partial charge in [-0.25, -0.2) is 4.79 Å². The Morgan fingerprint density at radius 2 is 2.15 bits per heavy atom. The Labute approximate surface area is 113 Å². The maximum atomic E-state index is 12.1. The molecule has 20 heavy (non-hydrogen) atoms. The SMILES string of the molecule is O=C(O)CN1C(=O)CCCn2c(=O)[nH]c3cccc1c32. The number of nitrogens with zero attached hydrogens (tertiary/aromatic N) is 2. The van der Waals surface area contributed by atoms with E-state index in [1.165, 1.54) is 4.90 Å². The Hall–Kier alpha value is -2.57. The highest BCUT2D eigenvalue weighted by Gasteiger charge is 2.25. The van der Waals surface area contributed by atoms with Gasteiger partial charge in [0.05, 0.1) is 16.7 Å². The maximum Gasteiger partial charge on any atom is 0.326 e. The molecule has 1 aliphatic heterocycles. The summed E-state index contributed by atoms with van der Waals surface area (Å²) in [6, 6.07) is 5.10. The topological polar surface area (TPSA) is 95.4 Å². The summed E-state index contributed by atoms with van der Waals surface area (Å²) in [4.78, 5) is 39.0. The lowest BCUT2D eigenvalue weighted by Gasteiger charge is -2.24. The van der Waals surface area contributed by atoms with Gasteiger partial charge in [0, 0.05) is 13.0 Å². The van der Waals surface area contributed by atoms with Gasteiger partial charge in [-0.05, 0) is 18.6 Å². The Morgan fingerprint density at radius 1 is 1.35 bits per heavy atom. The summed E-state index contributed by atoms with van der Waals surface area (Å²) >= 11 is 0. The van der Waals surface area contributed by atoms with E-state index in [4.69, 9.17) is 5.11 Å². The second-order valence-electron chi connectivity index (χ2n) is 4.73. The predicted molar refractivity (Wildman–Crippen MR) is 71.8 cm³/mol. The third-order valence-corrected chi connectivity index (χ3v) is 3.43. The number of carboxylic acids is 1. The van der Waals surface area contributed by atoms with E-state index in [0.717, 1.165) is 0 Å². The van der Waals surface area contributed by atoms with Crippen LogP contribution in [0.15, 0.2) is 23.0 Å². The lowest BCUT2D eigenvalue weighted by molar-refractivity contribution is -0.136. The molecule has 7 nitrogen and oxygen atoms in total. The molecule has 0 spiro atoms. The Bertz CT molecular complexity index is 759. The zero-order chi connectivity index (χ0) is 14.3. The smallest absolute Gasteiger partial charge is 0.326 e. The van der Waals surface area contributed by atoms with Crippen molar-refractivity contribution in [3.63, 3.8) is 0 Å². The number of nitrogens with one attached hydrogen (secondary N) is 1. The van der Waals surface area contributed by atoms with Gasteiger partial charge in [-0.15, -0.1) is 0 Å². The largest absolute Gasteiger partial charge is 0.480 e. The van der Waals surface area contributed by atoms with Gasteiger partial charge in [-0.1, -0.05) is 6.07 Å². The number of benzene rings is 1. The number of aromatic nitrogens is 2. The van der Waals surface area contributed by atoms with Crippen molar-refractivity contribution in [2.75, 3.05) is 11.4 Å². The van der Waals surface area contributed by atoms with Crippen molar-refractivity contribution in [3.8, 4) is 0 Å². The molecular formula is C13H13N3O4. The van der Waals surface area contributed by atoms with Crippen molar-refractivity contribution in [1.29, 1.82) is 0 Å². The first kappa shape index (κ1) is 12.5. The lowest BCUT2D eigenvalue weighted by atomic mass is 10.1. The van der Waals surface area contributed by atoms with E-state index in [2.05, 4.69) is 4.98 Å². The predicted octanol–water partition coefficient (Wildman–Crippen LogP) is 0.541. The lowest BCUT2D eigenvalue weighted by Crippen LogP contribution is -2.37. The molecule has 7 heteroatoms. The van der Waals surface area contributed by atoms with Gasteiger partial charge < -0.3 is 10.1 Å². The van der Waals surface area contributed by atoms with Crippen molar-refractivity contribution in [3.05, 3.63) is 28.7 Å². The number of carboxylic acid groups (broad SMARTS) is 1. The second-order valence-corrected chi connectivity index (χ2v) is 4.73. The van der Waals surface area contributed by atoms with Crippen LogP contribution in [0, 0.1) is 0 Å². The molecule has 2 heterocycles. The number of aromatic amines is 1. The molecule has 1 aromatic heterocycles. The molecule has 1 aliphatic rings. The Kier molecular flexibility index (Phi) is 2.81. The van der Waals surface area contributed by atoms with E-state index in [1.807, 2.05) is 0 Å². The molecule has 1 amide bonds. The normalized spacial score (nSPS) is 15.2. The van der Waals surface area contributed by atoms with Crippen LogP contribution in [0.3, 0.4) is 0 Å². The molecule has 0 radical (unpaired) electrons. The molecule has 0 atom stereocenters. The summed E-state index contributed by atoms with van der Waals surface area (Å²) in [6.45, 7) is 0.0415. The molecular weight excluding hydrogens is 262 g/mol. The number of aryl methyl sites for hydroxylation is 1. The standard InChI is InChI=1S/C13H13N3O4/c17-10-5-2-6-15-12-8(14-13(15)20)3-1-4-9(12)16(10)7-11(18)19/h1,3-4H,2,5-7H2,(H,14,20)(H,18,19). The number of amides is 1. The Balaban J connectivity index is 2.28. The quantitative estimate of drug-likeness (QED) is 0.836. The maximum absolute atomic E-state index is 12.1. The van der Waals surface area contributed by atoms with E-state index in [-0.39, 0.29) is 18.0 Å². The van der Waals surface area contributed by atoms with E-state index in [9.17, 15) is 14.4 Å². The first-order chi connectivity index (χ1) is 9.58. The van der Waals surface area contributed by atoms with Crippen LogP contribution < -0.4 is 10.6 Å². The molecule has 1 aromatic carbocycles. The van der Waals surface area contributed by atoms with Crippen LogP contribution in [-0.2, 0) is 16.1 Å².